The highest BCUT2D eigenvalue weighted by molar-refractivity contribution is 7.90. The fraction of sp³-hybridized carbons (Fsp3) is 0.786. The van der Waals surface area contributed by atoms with Crippen LogP contribution in [0.25, 0.3) is 0 Å². The summed E-state index contributed by atoms with van der Waals surface area (Å²) in [6, 6.07) is 2.49. The second-order valence-corrected chi connectivity index (χ2v) is 8.18. The molecule has 0 aromatic carbocycles. The number of hydrogen-bond donors (Lipinski definition) is 0. The predicted octanol–water partition coefficient (Wildman–Crippen LogP) is 1.40. The smallest absolute Gasteiger partial charge is 0.148 e. The molecular weight excluding hydrogens is 274 g/mol. The van der Waals surface area contributed by atoms with E-state index >= 15 is 0 Å². The third-order valence-electron chi connectivity index (χ3n) is 3.99. The Morgan fingerprint density at radius 1 is 1.35 bits per heavy atom. The number of nitrogens with zero attached hydrogens (tertiary/aromatic N) is 3. The average Bonchev–Trinajstić information content (AvgIpc) is 2.66. The number of rotatable bonds is 5. The first-order chi connectivity index (χ1) is 9.35. The molecule has 0 unspecified atom stereocenters. The van der Waals surface area contributed by atoms with Crippen molar-refractivity contribution >= 4 is 9.84 Å². The lowest BCUT2D eigenvalue weighted by Gasteiger charge is -2.35. The van der Waals surface area contributed by atoms with Crippen molar-refractivity contribution < 1.29 is 8.42 Å². The van der Waals surface area contributed by atoms with E-state index in [0.29, 0.717) is 12.6 Å². The second-order valence-electron chi connectivity index (χ2n) is 5.92. The van der Waals surface area contributed by atoms with E-state index in [0.717, 1.165) is 31.6 Å². The number of piperidine rings is 1. The third kappa shape index (κ3) is 4.31. The van der Waals surface area contributed by atoms with E-state index in [9.17, 15) is 8.42 Å². The standard InChI is InChI=1S/C14H25N3O2S/c1-12-10-13(2)17(15-12)11-14-6-4-5-7-16(14)8-9-20(3,18)19/h10,14H,4-9,11H2,1-3H3/t14-/m1/s1. The molecule has 1 aromatic heterocycles. The molecule has 0 spiro atoms. The van der Waals surface area contributed by atoms with Gasteiger partial charge in [-0.15, -0.1) is 0 Å². The fourth-order valence-corrected chi connectivity index (χ4v) is 3.47. The lowest BCUT2D eigenvalue weighted by molar-refractivity contribution is 0.137. The molecule has 6 heteroatoms. The molecule has 114 valence electrons. The molecule has 1 aromatic rings. The van der Waals surface area contributed by atoms with Crippen molar-refractivity contribution in [3.63, 3.8) is 0 Å². The molecule has 1 atom stereocenters. The number of sulfone groups is 1. The van der Waals surface area contributed by atoms with Gasteiger partial charge in [-0.2, -0.15) is 5.10 Å². The van der Waals surface area contributed by atoms with Gasteiger partial charge in [-0.05, 0) is 39.3 Å². The zero-order valence-corrected chi connectivity index (χ0v) is 13.5. The Bertz CT molecular complexity index is 551. The van der Waals surface area contributed by atoms with Crippen LogP contribution in [0.5, 0.6) is 0 Å². The molecule has 0 amide bonds. The average molecular weight is 299 g/mol. The van der Waals surface area contributed by atoms with E-state index in [-0.39, 0.29) is 5.75 Å². The molecule has 1 fully saturated rings. The van der Waals surface area contributed by atoms with E-state index in [2.05, 4.69) is 27.7 Å². The van der Waals surface area contributed by atoms with Crippen molar-refractivity contribution in [2.24, 2.45) is 0 Å². The minimum absolute atomic E-state index is 0.251. The van der Waals surface area contributed by atoms with Crippen LogP contribution in [0.3, 0.4) is 0 Å². The summed E-state index contributed by atoms with van der Waals surface area (Å²) < 4.78 is 24.8. The largest absolute Gasteiger partial charge is 0.298 e. The Kier molecular flexibility index (Phi) is 4.86. The fourth-order valence-electron chi connectivity index (χ4n) is 2.90. The van der Waals surface area contributed by atoms with Crippen LogP contribution in [-0.2, 0) is 16.4 Å². The van der Waals surface area contributed by atoms with Crippen LogP contribution >= 0.6 is 0 Å². The van der Waals surface area contributed by atoms with Gasteiger partial charge in [0, 0.05) is 24.5 Å². The summed E-state index contributed by atoms with van der Waals surface area (Å²) in [5.74, 6) is 0.251. The van der Waals surface area contributed by atoms with Gasteiger partial charge in [-0.1, -0.05) is 6.42 Å². The Morgan fingerprint density at radius 2 is 2.10 bits per heavy atom. The van der Waals surface area contributed by atoms with Gasteiger partial charge < -0.3 is 0 Å². The molecule has 0 radical (unpaired) electrons. The minimum Gasteiger partial charge on any atom is -0.298 e. The lowest BCUT2D eigenvalue weighted by Crippen LogP contribution is -2.44. The van der Waals surface area contributed by atoms with Crippen LogP contribution < -0.4 is 0 Å². The first kappa shape index (κ1) is 15.5. The van der Waals surface area contributed by atoms with Crippen LogP contribution in [0.2, 0.25) is 0 Å². The molecule has 0 aliphatic carbocycles. The number of aryl methyl sites for hydroxylation is 2. The molecule has 1 aliphatic heterocycles. The van der Waals surface area contributed by atoms with Gasteiger partial charge >= 0.3 is 0 Å². The maximum Gasteiger partial charge on any atom is 0.148 e. The van der Waals surface area contributed by atoms with Gasteiger partial charge in [0.1, 0.15) is 9.84 Å². The zero-order chi connectivity index (χ0) is 14.8. The maximum absolute atomic E-state index is 11.4. The molecule has 0 bridgehead atoms. The number of likely N-dealkylation sites (tertiary alicyclic amines) is 1. The van der Waals surface area contributed by atoms with Gasteiger partial charge in [-0.3, -0.25) is 9.58 Å². The summed E-state index contributed by atoms with van der Waals surface area (Å²) in [4.78, 5) is 2.32. The van der Waals surface area contributed by atoms with Crippen LogP contribution in [0.15, 0.2) is 6.07 Å². The second kappa shape index (κ2) is 6.26. The van der Waals surface area contributed by atoms with Crippen LogP contribution in [0.4, 0.5) is 0 Å². The van der Waals surface area contributed by atoms with E-state index in [4.69, 9.17) is 0 Å². The molecule has 20 heavy (non-hydrogen) atoms. The molecule has 0 saturated carbocycles. The van der Waals surface area contributed by atoms with E-state index in [1.54, 1.807) is 0 Å². The Balaban J connectivity index is 2.01. The Morgan fingerprint density at radius 3 is 2.70 bits per heavy atom. The third-order valence-corrected chi connectivity index (χ3v) is 4.91. The molecule has 2 rings (SSSR count). The molecule has 1 aliphatic rings. The van der Waals surface area contributed by atoms with E-state index in [1.807, 2.05) is 6.92 Å². The van der Waals surface area contributed by atoms with Crippen LogP contribution in [0.1, 0.15) is 30.7 Å². The number of aromatic nitrogens is 2. The zero-order valence-electron chi connectivity index (χ0n) is 12.7. The summed E-state index contributed by atoms with van der Waals surface area (Å²) in [5.41, 5.74) is 2.22. The Labute approximate surface area is 121 Å². The maximum atomic E-state index is 11.4. The van der Waals surface area contributed by atoms with E-state index in [1.165, 1.54) is 18.4 Å². The van der Waals surface area contributed by atoms with Crippen molar-refractivity contribution in [2.75, 3.05) is 25.1 Å². The summed E-state index contributed by atoms with van der Waals surface area (Å²) in [6.07, 6.45) is 4.83. The summed E-state index contributed by atoms with van der Waals surface area (Å²) in [5, 5.41) is 4.52. The monoisotopic (exact) mass is 299 g/mol. The predicted molar refractivity (Wildman–Crippen MR) is 80.6 cm³/mol. The van der Waals surface area contributed by atoms with Crippen molar-refractivity contribution in [2.45, 2.75) is 45.7 Å². The highest BCUT2D eigenvalue weighted by Gasteiger charge is 2.24. The molecular formula is C14H25N3O2S. The van der Waals surface area contributed by atoms with Crippen molar-refractivity contribution in [3.8, 4) is 0 Å². The highest BCUT2D eigenvalue weighted by atomic mass is 32.2. The van der Waals surface area contributed by atoms with E-state index < -0.39 is 9.84 Å². The summed E-state index contributed by atoms with van der Waals surface area (Å²) in [7, 11) is -2.89. The Hall–Kier alpha value is -0.880. The molecule has 1 saturated heterocycles. The van der Waals surface area contributed by atoms with Crippen molar-refractivity contribution in [3.05, 3.63) is 17.5 Å². The highest BCUT2D eigenvalue weighted by Crippen LogP contribution is 2.19. The van der Waals surface area contributed by atoms with Crippen molar-refractivity contribution in [1.29, 1.82) is 0 Å². The van der Waals surface area contributed by atoms with Gasteiger partial charge in [-0.25, -0.2) is 8.42 Å². The normalized spacial score (nSPS) is 21.2. The first-order valence-electron chi connectivity index (χ1n) is 7.28. The van der Waals surface area contributed by atoms with Crippen LogP contribution in [-0.4, -0.2) is 54.2 Å². The summed E-state index contributed by atoms with van der Waals surface area (Å²) >= 11 is 0. The van der Waals surface area contributed by atoms with Crippen LogP contribution in [0, 0.1) is 13.8 Å². The summed E-state index contributed by atoms with van der Waals surface area (Å²) in [6.45, 7) is 6.58. The minimum atomic E-state index is -2.89. The molecule has 2 heterocycles. The SMILES string of the molecule is Cc1cc(C)n(C[C@H]2CCCCN2CCS(C)(=O)=O)n1. The topological polar surface area (TPSA) is 55.2 Å². The number of hydrogen-bond acceptors (Lipinski definition) is 4. The lowest BCUT2D eigenvalue weighted by atomic mass is 10.0. The van der Waals surface area contributed by atoms with Gasteiger partial charge in [0.15, 0.2) is 0 Å². The first-order valence-corrected chi connectivity index (χ1v) is 9.34. The quantitative estimate of drug-likeness (QED) is 0.824. The molecule has 5 nitrogen and oxygen atoms in total. The van der Waals surface area contributed by atoms with Gasteiger partial charge in [0.25, 0.3) is 0 Å². The molecule has 0 N–H and O–H groups in total. The van der Waals surface area contributed by atoms with Gasteiger partial charge in [0.2, 0.25) is 0 Å². The van der Waals surface area contributed by atoms with Crippen molar-refractivity contribution in [1.82, 2.24) is 14.7 Å². The van der Waals surface area contributed by atoms with Gasteiger partial charge in [0.05, 0.1) is 18.0 Å².